The van der Waals surface area contributed by atoms with Crippen molar-refractivity contribution < 1.29 is 9.26 Å². The second kappa shape index (κ2) is 5.68. The number of hydrogen-bond donors (Lipinski definition) is 1. The molecular formula is C16H22N4O2. The highest BCUT2D eigenvalue weighted by molar-refractivity contribution is 5.71. The van der Waals surface area contributed by atoms with Gasteiger partial charge in [-0.15, -0.1) is 0 Å². The van der Waals surface area contributed by atoms with E-state index in [0.29, 0.717) is 12.1 Å². The van der Waals surface area contributed by atoms with Crippen molar-refractivity contribution in [2.24, 2.45) is 0 Å². The van der Waals surface area contributed by atoms with Crippen LogP contribution in [0.25, 0.3) is 11.3 Å². The van der Waals surface area contributed by atoms with E-state index < -0.39 is 0 Å². The van der Waals surface area contributed by atoms with Crippen LogP contribution in [0.5, 0.6) is 0 Å². The Morgan fingerprint density at radius 1 is 1.14 bits per heavy atom. The minimum absolute atomic E-state index is 0.364. The fourth-order valence-electron chi connectivity index (χ4n) is 2.90. The molecule has 1 aliphatic carbocycles. The third-order valence-electron chi connectivity index (χ3n) is 4.30. The van der Waals surface area contributed by atoms with Crippen LogP contribution in [0.15, 0.2) is 4.52 Å². The second-order valence-corrected chi connectivity index (χ2v) is 5.96. The minimum Gasteiger partial charge on any atom is -0.381 e. The van der Waals surface area contributed by atoms with Gasteiger partial charge in [0.1, 0.15) is 17.4 Å². The van der Waals surface area contributed by atoms with Crippen molar-refractivity contribution in [2.75, 3.05) is 12.4 Å². The van der Waals surface area contributed by atoms with Crippen LogP contribution in [-0.2, 0) is 4.74 Å². The molecule has 2 aromatic heterocycles. The summed E-state index contributed by atoms with van der Waals surface area (Å²) in [6.45, 7) is 7.79. The van der Waals surface area contributed by atoms with E-state index in [1.54, 1.807) is 7.11 Å². The Kier molecular flexibility index (Phi) is 3.87. The molecule has 0 saturated heterocycles. The SMILES string of the molecule is COC1CC(Nc2nc(C)nc(-c3c(C)noc3C)c2C)C1. The Morgan fingerprint density at radius 3 is 2.45 bits per heavy atom. The number of nitrogens with zero attached hydrogens (tertiary/aromatic N) is 3. The van der Waals surface area contributed by atoms with Crippen molar-refractivity contribution in [1.29, 1.82) is 0 Å². The summed E-state index contributed by atoms with van der Waals surface area (Å²) >= 11 is 0. The maximum Gasteiger partial charge on any atom is 0.143 e. The van der Waals surface area contributed by atoms with Crippen molar-refractivity contribution in [3.8, 4) is 11.3 Å². The zero-order chi connectivity index (χ0) is 15.9. The van der Waals surface area contributed by atoms with Gasteiger partial charge in [0.2, 0.25) is 0 Å². The fraction of sp³-hybridized carbons (Fsp3) is 0.562. The van der Waals surface area contributed by atoms with Crippen LogP contribution in [0, 0.1) is 27.7 Å². The average Bonchev–Trinajstić information content (AvgIpc) is 2.76. The van der Waals surface area contributed by atoms with E-state index in [4.69, 9.17) is 9.26 Å². The Morgan fingerprint density at radius 2 is 1.86 bits per heavy atom. The third kappa shape index (κ3) is 2.59. The van der Waals surface area contributed by atoms with E-state index in [9.17, 15) is 0 Å². The largest absolute Gasteiger partial charge is 0.381 e. The first-order valence-corrected chi connectivity index (χ1v) is 7.57. The van der Waals surface area contributed by atoms with Crippen LogP contribution in [0.1, 0.15) is 35.7 Å². The first-order valence-electron chi connectivity index (χ1n) is 7.57. The van der Waals surface area contributed by atoms with Gasteiger partial charge >= 0.3 is 0 Å². The molecule has 3 rings (SSSR count). The van der Waals surface area contributed by atoms with Crippen LogP contribution in [0.3, 0.4) is 0 Å². The Labute approximate surface area is 130 Å². The lowest BCUT2D eigenvalue weighted by molar-refractivity contribution is 0.0327. The smallest absolute Gasteiger partial charge is 0.143 e. The van der Waals surface area contributed by atoms with Crippen molar-refractivity contribution in [3.63, 3.8) is 0 Å². The molecule has 2 aromatic rings. The van der Waals surface area contributed by atoms with Crippen LogP contribution in [0.2, 0.25) is 0 Å². The summed E-state index contributed by atoms with van der Waals surface area (Å²) in [6.07, 6.45) is 2.39. The summed E-state index contributed by atoms with van der Waals surface area (Å²) in [4.78, 5) is 9.17. The lowest BCUT2D eigenvalue weighted by atomic mass is 9.89. The van der Waals surface area contributed by atoms with Crippen LogP contribution >= 0.6 is 0 Å². The van der Waals surface area contributed by atoms with Gasteiger partial charge in [0.05, 0.1) is 23.1 Å². The number of aryl methyl sites for hydroxylation is 3. The third-order valence-corrected chi connectivity index (χ3v) is 4.30. The summed E-state index contributed by atoms with van der Waals surface area (Å²) < 4.78 is 10.6. The summed E-state index contributed by atoms with van der Waals surface area (Å²) in [6, 6.07) is 0.412. The number of ether oxygens (including phenoxy) is 1. The molecule has 1 fully saturated rings. The van der Waals surface area contributed by atoms with E-state index >= 15 is 0 Å². The van der Waals surface area contributed by atoms with Crippen molar-refractivity contribution in [2.45, 2.75) is 52.7 Å². The quantitative estimate of drug-likeness (QED) is 0.936. The number of aromatic nitrogens is 3. The van der Waals surface area contributed by atoms with E-state index in [0.717, 1.165) is 52.8 Å². The predicted molar refractivity (Wildman–Crippen MR) is 83.9 cm³/mol. The maximum absolute atomic E-state index is 5.33. The lowest BCUT2D eigenvalue weighted by Gasteiger charge is -2.35. The molecule has 0 aliphatic heterocycles. The molecule has 6 heteroatoms. The standard InChI is InChI=1S/C16H22N4O2/c1-8-15(14-9(2)20-22-10(14)3)17-11(4)18-16(8)19-12-6-13(7-12)21-5/h12-13H,6-7H2,1-5H3,(H,17,18,19). The molecule has 0 atom stereocenters. The molecule has 0 radical (unpaired) electrons. The van der Waals surface area contributed by atoms with Gasteiger partial charge in [-0.05, 0) is 40.5 Å². The number of methoxy groups -OCH3 is 1. The van der Waals surface area contributed by atoms with Crippen LogP contribution in [-0.4, -0.2) is 34.4 Å². The van der Waals surface area contributed by atoms with Gasteiger partial charge in [-0.25, -0.2) is 9.97 Å². The minimum atomic E-state index is 0.364. The molecule has 22 heavy (non-hydrogen) atoms. The molecule has 0 bridgehead atoms. The summed E-state index contributed by atoms with van der Waals surface area (Å²) in [5, 5.41) is 7.54. The van der Waals surface area contributed by atoms with Gasteiger partial charge in [0.15, 0.2) is 0 Å². The molecule has 0 amide bonds. The Bertz CT molecular complexity index is 670. The molecule has 0 aromatic carbocycles. The molecule has 6 nitrogen and oxygen atoms in total. The van der Waals surface area contributed by atoms with Crippen LogP contribution < -0.4 is 5.32 Å². The first-order chi connectivity index (χ1) is 10.5. The molecule has 1 N–H and O–H groups in total. The molecule has 1 aliphatic rings. The fourth-order valence-corrected chi connectivity index (χ4v) is 2.90. The first kappa shape index (κ1) is 15.0. The van der Waals surface area contributed by atoms with Crippen LogP contribution in [0.4, 0.5) is 5.82 Å². The van der Waals surface area contributed by atoms with Gasteiger partial charge in [-0.1, -0.05) is 5.16 Å². The van der Waals surface area contributed by atoms with E-state index in [1.807, 2.05) is 27.7 Å². The lowest BCUT2D eigenvalue weighted by Crippen LogP contribution is -2.40. The normalized spacial score (nSPS) is 20.8. The van der Waals surface area contributed by atoms with Crippen molar-refractivity contribution >= 4 is 5.82 Å². The average molecular weight is 302 g/mol. The summed E-state index contributed by atoms with van der Waals surface area (Å²) in [5.74, 6) is 2.42. The van der Waals surface area contributed by atoms with Gasteiger partial charge in [-0.3, -0.25) is 0 Å². The number of nitrogens with one attached hydrogen (secondary N) is 1. The Hall–Kier alpha value is -1.95. The van der Waals surface area contributed by atoms with E-state index in [-0.39, 0.29) is 0 Å². The van der Waals surface area contributed by atoms with E-state index in [2.05, 4.69) is 20.4 Å². The molecular weight excluding hydrogens is 280 g/mol. The maximum atomic E-state index is 5.33. The van der Waals surface area contributed by atoms with Gasteiger partial charge in [0.25, 0.3) is 0 Å². The molecule has 2 heterocycles. The number of anilines is 1. The van der Waals surface area contributed by atoms with Gasteiger partial charge < -0.3 is 14.6 Å². The highest BCUT2D eigenvalue weighted by atomic mass is 16.5. The zero-order valence-electron chi connectivity index (χ0n) is 13.7. The highest BCUT2D eigenvalue weighted by Crippen LogP contribution is 2.33. The molecule has 0 unspecified atom stereocenters. The Balaban J connectivity index is 1.93. The van der Waals surface area contributed by atoms with E-state index in [1.165, 1.54) is 0 Å². The van der Waals surface area contributed by atoms with Crippen molar-refractivity contribution in [1.82, 2.24) is 15.1 Å². The predicted octanol–water partition coefficient (Wildman–Crippen LogP) is 2.95. The monoisotopic (exact) mass is 302 g/mol. The summed E-state index contributed by atoms with van der Waals surface area (Å²) in [7, 11) is 1.76. The molecule has 118 valence electrons. The second-order valence-electron chi connectivity index (χ2n) is 5.96. The summed E-state index contributed by atoms with van der Waals surface area (Å²) in [5.41, 5.74) is 3.75. The zero-order valence-corrected chi connectivity index (χ0v) is 13.7. The molecule has 1 saturated carbocycles. The van der Waals surface area contributed by atoms with Gasteiger partial charge in [0, 0.05) is 18.7 Å². The van der Waals surface area contributed by atoms with Gasteiger partial charge in [-0.2, -0.15) is 0 Å². The highest BCUT2D eigenvalue weighted by Gasteiger charge is 2.30. The number of hydrogen-bond acceptors (Lipinski definition) is 6. The topological polar surface area (TPSA) is 73.1 Å². The molecule has 0 spiro atoms. The van der Waals surface area contributed by atoms with Crippen molar-refractivity contribution in [3.05, 3.63) is 22.8 Å². The number of rotatable bonds is 4.